The van der Waals surface area contributed by atoms with Gasteiger partial charge in [-0.1, -0.05) is 0 Å². The molecule has 0 spiro atoms. The van der Waals surface area contributed by atoms with Gasteiger partial charge in [0.2, 0.25) is 0 Å². The monoisotopic (exact) mass is 482 g/mol. The van der Waals surface area contributed by atoms with Crippen molar-refractivity contribution >= 4 is 0 Å². The number of nitrogens with zero attached hydrogens (tertiary/aromatic N) is 4. The summed E-state index contributed by atoms with van der Waals surface area (Å²) in [6.07, 6.45) is 4.95. The Morgan fingerprint density at radius 2 is 1.35 bits per heavy atom. The average Bonchev–Trinajstić information content (AvgIpc) is 2.81. The lowest BCUT2D eigenvalue weighted by molar-refractivity contribution is -0.0993. The van der Waals surface area contributed by atoms with Crippen LogP contribution in [-0.4, -0.2) is 144 Å². The molecular weight excluding hydrogens is 432 g/mol. The van der Waals surface area contributed by atoms with E-state index in [0.717, 1.165) is 117 Å². The van der Waals surface area contributed by atoms with E-state index in [2.05, 4.69) is 40.4 Å². The third kappa shape index (κ3) is 7.13. The standard InChI is InChI=1S/C26H50N4O4/c1-22(2)30-21-26(32,19-28-11-15-34-16-12-28)7-5-24(30)17-23(3)29-8-4-6-25(31,20-29)18-27-9-13-33-14-10-27/h22-24,31-32H,4-21H2,1-3H3/t23?,24?,25-,26+/m1/s1. The van der Waals surface area contributed by atoms with E-state index in [0.29, 0.717) is 18.1 Å². The van der Waals surface area contributed by atoms with Gasteiger partial charge in [-0.25, -0.2) is 0 Å². The van der Waals surface area contributed by atoms with Crippen LogP contribution in [-0.2, 0) is 9.47 Å². The number of morpholine rings is 2. The molecule has 4 rings (SSSR count). The van der Waals surface area contributed by atoms with E-state index in [1.807, 2.05) is 0 Å². The molecule has 0 bridgehead atoms. The van der Waals surface area contributed by atoms with E-state index in [1.165, 1.54) is 0 Å². The number of likely N-dealkylation sites (tertiary alicyclic amines) is 2. The van der Waals surface area contributed by atoms with Gasteiger partial charge in [0.25, 0.3) is 0 Å². The Morgan fingerprint density at radius 1 is 0.794 bits per heavy atom. The molecule has 4 saturated heterocycles. The Bertz CT molecular complexity index is 628. The van der Waals surface area contributed by atoms with Crippen LogP contribution in [0.5, 0.6) is 0 Å². The fraction of sp³-hybridized carbons (Fsp3) is 1.00. The molecule has 0 amide bonds. The fourth-order valence-electron chi connectivity index (χ4n) is 6.68. The first-order valence-electron chi connectivity index (χ1n) is 13.8. The summed E-state index contributed by atoms with van der Waals surface area (Å²) >= 11 is 0. The van der Waals surface area contributed by atoms with Crippen LogP contribution >= 0.6 is 0 Å². The molecule has 4 aliphatic heterocycles. The molecule has 8 heteroatoms. The summed E-state index contributed by atoms with van der Waals surface area (Å²) in [5.74, 6) is 0. The van der Waals surface area contributed by atoms with Gasteiger partial charge in [-0.2, -0.15) is 0 Å². The number of rotatable bonds is 8. The number of piperidine rings is 2. The molecule has 0 aliphatic carbocycles. The zero-order valence-corrected chi connectivity index (χ0v) is 22.0. The lowest BCUT2D eigenvalue weighted by Gasteiger charge is -2.50. The summed E-state index contributed by atoms with van der Waals surface area (Å²) in [6.45, 7) is 17.8. The SMILES string of the molecule is CC(CC1CC[C@](O)(CN2CCOCC2)CN1C(C)C)N1CCC[C@@](O)(CN2CCOCC2)C1. The highest BCUT2D eigenvalue weighted by Crippen LogP contribution is 2.32. The van der Waals surface area contributed by atoms with Crippen molar-refractivity contribution in [1.82, 2.24) is 19.6 Å². The Morgan fingerprint density at radius 3 is 1.91 bits per heavy atom. The van der Waals surface area contributed by atoms with Gasteiger partial charge in [0.15, 0.2) is 0 Å². The second kappa shape index (κ2) is 11.8. The van der Waals surface area contributed by atoms with E-state index in [-0.39, 0.29) is 0 Å². The van der Waals surface area contributed by atoms with Gasteiger partial charge in [-0.05, 0) is 59.4 Å². The number of β-amino-alcohol motifs (C(OH)–C–C–N with tert-alkyl or cyclic N) is 2. The Kier molecular flexibility index (Phi) is 9.29. The summed E-state index contributed by atoms with van der Waals surface area (Å²) < 4.78 is 11.0. The van der Waals surface area contributed by atoms with Gasteiger partial charge in [0.1, 0.15) is 0 Å². The minimum atomic E-state index is -0.634. The predicted molar refractivity (Wildman–Crippen MR) is 134 cm³/mol. The van der Waals surface area contributed by atoms with Gasteiger partial charge in [0, 0.05) is 70.5 Å². The number of hydrogen-bond donors (Lipinski definition) is 2. The first-order chi connectivity index (χ1) is 16.3. The summed E-state index contributed by atoms with van der Waals surface area (Å²) in [4.78, 5) is 9.81. The molecule has 0 aromatic rings. The molecule has 8 nitrogen and oxygen atoms in total. The summed E-state index contributed by atoms with van der Waals surface area (Å²) in [5.41, 5.74) is -1.25. The molecule has 2 unspecified atom stereocenters. The van der Waals surface area contributed by atoms with Gasteiger partial charge in [-0.15, -0.1) is 0 Å². The molecule has 4 fully saturated rings. The minimum Gasteiger partial charge on any atom is -0.387 e. The van der Waals surface area contributed by atoms with Gasteiger partial charge in [0.05, 0.1) is 37.6 Å². The van der Waals surface area contributed by atoms with Crippen LogP contribution < -0.4 is 0 Å². The van der Waals surface area contributed by atoms with Gasteiger partial charge < -0.3 is 19.7 Å². The van der Waals surface area contributed by atoms with Crippen LogP contribution in [0.3, 0.4) is 0 Å². The van der Waals surface area contributed by atoms with Crippen molar-refractivity contribution in [2.24, 2.45) is 0 Å². The maximum absolute atomic E-state index is 11.5. The molecule has 4 atom stereocenters. The van der Waals surface area contributed by atoms with E-state index in [1.54, 1.807) is 0 Å². The normalized spacial score (nSPS) is 36.7. The van der Waals surface area contributed by atoms with Gasteiger partial charge in [-0.3, -0.25) is 19.6 Å². The third-order valence-electron chi connectivity index (χ3n) is 8.62. The first-order valence-corrected chi connectivity index (χ1v) is 13.8. The van der Waals surface area contributed by atoms with E-state index in [4.69, 9.17) is 9.47 Å². The molecule has 0 radical (unpaired) electrons. The lowest BCUT2D eigenvalue weighted by Crippen LogP contribution is -2.61. The largest absolute Gasteiger partial charge is 0.387 e. The number of hydrogen-bond acceptors (Lipinski definition) is 8. The van der Waals surface area contributed by atoms with Crippen molar-refractivity contribution in [3.63, 3.8) is 0 Å². The summed E-state index contributed by atoms with van der Waals surface area (Å²) in [7, 11) is 0. The van der Waals surface area contributed by atoms with Crippen LogP contribution in [0.4, 0.5) is 0 Å². The highest BCUT2D eigenvalue weighted by Gasteiger charge is 2.42. The van der Waals surface area contributed by atoms with Crippen LogP contribution in [0, 0.1) is 0 Å². The van der Waals surface area contributed by atoms with Crippen molar-refractivity contribution < 1.29 is 19.7 Å². The Balaban J connectivity index is 1.31. The lowest BCUT2D eigenvalue weighted by atomic mass is 9.84. The maximum Gasteiger partial charge on any atom is 0.0901 e. The number of ether oxygens (including phenoxy) is 2. The van der Waals surface area contributed by atoms with Crippen molar-refractivity contribution in [1.29, 1.82) is 0 Å². The summed E-state index contributed by atoms with van der Waals surface area (Å²) in [5, 5.41) is 22.9. The highest BCUT2D eigenvalue weighted by atomic mass is 16.5. The average molecular weight is 483 g/mol. The van der Waals surface area contributed by atoms with Gasteiger partial charge >= 0.3 is 0 Å². The highest BCUT2D eigenvalue weighted by molar-refractivity contribution is 4.98. The fourth-order valence-corrected chi connectivity index (χ4v) is 6.68. The molecule has 4 aliphatic rings. The topological polar surface area (TPSA) is 71.9 Å². The smallest absolute Gasteiger partial charge is 0.0901 e. The van der Waals surface area contributed by atoms with Crippen molar-refractivity contribution in [2.75, 3.05) is 85.3 Å². The molecule has 0 aromatic heterocycles. The molecular formula is C26H50N4O4. The molecule has 0 aromatic carbocycles. The van der Waals surface area contributed by atoms with Crippen LogP contribution in [0.25, 0.3) is 0 Å². The second-order valence-corrected chi connectivity index (χ2v) is 11.8. The summed E-state index contributed by atoms with van der Waals surface area (Å²) in [6, 6.07) is 1.32. The molecule has 0 saturated carbocycles. The maximum atomic E-state index is 11.5. The molecule has 2 N–H and O–H groups in total. The molecule has 34 heavy (non-hydrogen) atoms. The minimum absolute atomic E-state index is 0.410. The first kappa shape index (κ1) is 26.7. The van der Waals surface area contributed by atoms with Crippen LogP contribution in [0.1, 0.15) is 52.9 Å². The van der Waals surface area contributed by atoms with Crippen molar-refractivity contribution in [3.05, 3.63) is 0 Å². The van der Waals surface area contributed by atoms with Crippen molar-refractivity contribution in [2.45, 2.75) is 82.2 Å². The quantitative estimate of drug-likeness (QED) is 0.528. The predicted octanol–water partition coefficient (Wildman–Crippen LogP) is 0.860. The molecule has 198 valence electrons. The second-order valence-electron chi connectivity index (χ2n) is 11.8. The molecule has 4 heterocycles. The third-order valence-corrected chi connectivity index (χ3v) is 8.62. The number of aliphatic hydroxyl groups is 2. The zero-order chi connectivity index (χ0) is 24.2. The zero-order valence-electron chi connectivity index (χ0n) is 22.0. The Hall–Kier alpha value is -0.320. The van der Waals surface area contributed by atoms with E-state index in [9.17, 15) is 10.2 Å². The van der Waals surface area contributed by atoms with E-state index < -0.39 is 11.2 Å². The van der Waals surface area contributed by atoms with E-state index >= 15 is 0 Å². The Labute approximate surface area is 207 Å². The van der Waals surface area contributed by atoms with Crippen LogP contribution in [0.15, 0.2) is 0 Å². The van der Waals surface area contributed by atoms with Crippen LogP contribution in [0.2, 0.25) is 0 Å². The van der Waals surface area contributed by atoms with Crippen molar-refractivity contribution in [3.8, 4) is 0 Å².